The van der Waals surface area contributed by atoms with E-state index in [0.717, 1.165) is 5.75 Å². The van der Waals surface area contributed by atoms with Gasteiger partial charge in [0.2, 0.25) is 0 Å². The molecule has 0 N–H and O–H groups in total. The maximum Gasteiger partial charge on any atom is 0.192 e. The molecule has 1 atom stereocenters. The molecule has 0 bridgehead atoms. The molecule has 1 heterocycles. The van der Waals surface area contributed by atoms with Crippen molar-refractivity contribution in [1.29, 1.82) is 0 Å². The molecule has 0 saturated carbocycles. The molecule has 1 unspecified atom stereocenters. The Balaban J connectivity index is 2.39. The molecule has 1 rings (SSSR count). The van der Waals surface area contributed by atoms with Crippen LogP contribution in [0.25, 0.3) is 0 Å². The predicted octanol–water partition coefficient (Wildman–Crippen LogP) is 0.896. The smallest absolute Gasteiger partial charge is 0.192 e. The van der Waals surface area contributed by atoms with Crippen LogP contribution in [0.1, 0.15) is 6.92 Å². The Hall–Kier alpha value is 0.0200. The molecule has 0 radical (unpaired) electrons. The van der Waals surface area contributed by atoms with Crippen molar-refractivity contribution < 1.29 is 4.79 Å². The lowest BCUT2D eigenvalue weighted by Gasteiger charge is -2.16. The lowest BCUT2D eigenvalue weighted by Crippen LogP contribution is -2.20. The van der Waals surface area contributed by atoms with Crippen LogP contribution in [0.15, 0.2) is 0 Å². The van der Waals surface area contributed by atoms with Gasteiger partial charge in [0, 0.05) is 11.7 Å². The van der Waals surface area contributed by atoms with E-state index in [1.807, 2.05) is 6.92 Å². The van der Waals surface area contributed by atoms with E-state index in [2.05, 4.69) is 0 Å². The summed E-state index contributed by atoms with van der Waals surface area (Å²) in [5.41, 5.74) is 0. The molecule has 1 saturated heterocycles. The topological polar surface area (TPSA) is 17.1 Å². The zero-order valence-corrected chi connectivity index (χ0v) is 4.42. The van der Waals surface area contributed by atoms with E-state index in [0.29, 0.717) is 11.0 Å². The molecule has 6 heavy (non-hydrogen) atoms. The number of thioether (sulfide) groups is 1. The summed E-state index contributed by atoms with van der Waals surface area (Å²) in [6.07, 6.45) is 0. The number of rotatable bonds is 0. The molecule has 1 nitrogen and oxygen atoms in total. The van der Waals surface area contributed by atoms with Gasteiger partial charge in [0.1, 0.15) is 0 Å². The SMILES string of the molecule is CC1CSC1=O. The van der Waals surface area contributed by atoms with Crippen LogP contribution in [0.2, 0.25) is 0 Å². The van der Waals surface area contributed by atoms with Crippen molar-refractivity contribution in [2.75, 3.05) is 5.75 Å². The number of hydrogen-bond acceptors (Lipinski definition) is 2. The van der Waals surface area contributed by atoms with Gasteiger partial charge >= 0.3 is 0 Å². The van der Waals surface area contributed by atoms with Crippen molar-refractivity contribution in [1.82, 2.24) is 0 Å². The highest BCUT2D eigenvalue weighted by Crippen LogP contribution is 2.25. The summed E-state index contributed by atoms with van der Waals surface area (Å²) in [6.45, 7) is 1.96. The van der Waals surface area contributed by atoms with Crippen molar-refractivity contribution in [2.24, 2.45) is 5.92 Å². The molecule has 1 aliphatic rings. The maximum atomic E-state index is 10.2. The van der Waals surface area contributed by atoms with Crippen LogP contribution in [-0.2, 0) is 4.79 Å². The standard InChI is InChI=1S/C4H6OS/c1-3-2-6-4(3)5/h3H,2H2,1H3. The average molecular weight is 102 g/mol. The minimum Gasteiger partial charge on any atom is -0.287 e. The van der Waals surface area contributed by atoms with Crippen molar-refractivity contribution in [3.8, 4) is 0 Å². The van der Waals surface area contributed by atoms with Gasteiger partial charge in [-0.3, -0.25) is 4.79 Å². The molecule has 1 fully saturated rings. The Morgan fingerprint density at radius 2 is 2.50 bits per heavy atom. The maximum absolute atomic E-state index is 10.2. The second kappa shape index (κ2) is 1.26. The van der Waals surface area contributed by atoms with Gasteiger partial charge in [-0.1, -0.05) is 18.7 Å². The summed E-state index contributed by atoms with van der Waals surface area (Å²) < 4.78 is 0. The second-order valence-corrected chi connectivity index (χ2v) is 2.56. The Morgan fingerprint density at radius 3 is 2.50 bits per heavy atom. The zero-order valence-electron chi connectivity index (χ0n) is 3.60. The third kappa shape index (κ3) is 0.451. The van der Waals surface area contributed by atoms with E-state index in [-0.39, 0.29) is 0 Å². The van der Waals surface area contributed by atoms with Gasteiger partial charge in [-0.2, -0.15) is 0 Å². The molecular formula is C4H6OS. The van der Waals surface area contributed by atoms with Gasteiger partial charge in [0.15, 0.2) is 5.12 Å². The van der Waals surface area contributed by atoms with Crippen molar-refractivity contribution in [2.45, 2.75) is 6.92 Å². The van der Waals surface area contributed by atoms with E-state index in [4.69, 9.17) is 0 Å². The zero-order chi connectivity index (χ0) is 4.57. The normalized spacial score (nSPS) is 32.8. The summed E-state index contributed by atoms with van der Waals surface area (Å²) in [7, 11) is 0. The van der Waals surface area contributed by atoms with Crippen LogP contribution in [-0.4, -0.2) is 10.9 Å². The Labute approximate surface area is 41.1 Å². The summed E-state index contributed by atoms with van der Waals surface area (Å²) in [4.78, 5) is 10.2. The van der Waals surface area contributed by atoms with Gasteiger partial charge in [0.25, 0.3) is 0 Å². The first-order valence-electron chi connectivity index (χ1n) is 1.97. The lowest BCUT2D eigenvalue weighted by molar-refractivity contribution is -0.114. The largest absolute Gasteiger partial charge is 0.287 e. The third-order valence-electron chi connectivity index (χ3n) is 0.878. The van der Waals surface area contributed by atoms with Gasteiger partial charge in [-0.05, 0) is 0 Å². The summed E-state index contributed by atoms with van der Waals surface area (Å²) in [5.74, 6) is 1.40. The first-order chi connectivity index (χ1) is 2.80. The fourth-order valence-corrected chi connectivity index (χ4v) is 0.954. The van der Waals surface area contributed by atoms with Gasteiger partial charge < -0.3 is 0 Å². The van der Waals surface area contributed by atoms with E-state index in [1.54, 1.807) is 0 Å². The first kappa shape index (κ1) is 4.19. The van der Waals surface area contributed by atoms with E-state index in [9.17, 15) is 4.79 Å². The highest BCUT2D eigenvalue weighted by atomic mass is 32.2. The second-order valence-electron chi connectivity index (χ2n) is 1.53. The molecule has 2 heteroatoms. The molecule has 1 aliphatic heterocycles. The van der Waals surface area contributed by atoms with Crippen LogP contribution in [0.5, 0.6) is 0 Å². The molecular weight excluding hydrogens is 96.1 g/mol. The molecule has 0 aromatic carbocycles. The van der Waals surface area contributed by atoms with Crippen LogP contribution in [0, 0.1) is 5.92 Å². The first-order valence-corrected chi connectivity index (χ1v) is 2.96. The number of carbonyl (C=O) groups is 1. The van der Waals surface area contributed by atoms with Gasteiger partial charge in [0.05, 0.1) is 0 Å². The Morgan fingerprint density at radius 1 is 2.00 bits per heavy atom. The quantitative estimate of drug-likeness (QED) is 0.452. The fourth-order valence-electron chi connectivity index (χ4n) is 0.318. The molecule has 34 valence electrons. The number of carbonyl (C=O) groups excluding carboxylic acids is 1. The average Bonchev–Trinajstić information content (AvgIpc) is 1.61. The molecule has 0 spiro atoms. The number of hydrogen-bond donors (Lipinski definition) is 0. The van der Waals surface area contributed by atoms with E-state index >= 15 is 0 Å². The van der Waals surface area contributed by atoms with Crippen molar-refractivity contribution in [3.05, 3.63) is 0 Å². The van der Waals surface area contributed by atoms with Crippen LogP contribution in [0.4, 0.5) is 0 Å². The van der Waals surface area contributed by atoms with Crippen molar-refractivity contribution >= 4 is 16.9 Å². The Bertz CT molecular complexity index is 79.6. The van der Waals surface area contributed by atoms with Crippen molar-refractivity contribution in [3.63, 3.8) is 0 Å². The summed E-state index contributed by atoms with van der Waals surface area (Å²) >= 11 is 1.43. The minimum absolute atomic E-state index is 0.356. The summed E-state index contributed by atoms with van der Waals surface area (Å²) in [5, 5.41) is 0.356. The fraction of sp³-hybridized carbons (Fsp3) is 0.750. The third-order valence-corrected chi connectivity index (χ3v) is 2.23. The molecule has 0 aromatic heterocycles. The van der Waals surface area contributed by atoms with Gasteiger partial charge in [-0.15, -0.1) is 0 Å². The van der Waals surface area contributed by atoms with Gasteiger partial charge in [-0.25, -0.2) is 0 Å². The van der Waals surface area contributed by atoms with E-state index < -0.39 is 0 Å². The van der Waals surface area contributed by atoms with Crippen LogP contribution < -0.4 is 0 Å². The Kier molecular flexibility index (Phi) is 0.880. The highest BCUT2D eigenvalue weighted by Gasteiger charge is 2.23. The molecule has 0 amide bonds. The van der Waals surface area contributed by atoms with Crippen LogP contribution >= 0.6 is 11.8 Å². The minimum atomic E-state index is 0.356. The molecule has 0 aromatic rings. The van der Waals surface area contributed by atoms with Crippen LogP contribution in [0.3, 0.4) is 0 Å². The summed E-state index contributed by atoms with van der Waals surface area (Å²) in [6, 6.07) is 0. The van der Waals surface area contributed by atoms with E-state index in [1.165, 1.54) is 11.8 Å². The predicted molar refractivity (Wildman–Crippen MR) is 26.6 cm³/mol. The molecule has 0 aliphatic carbocycles. The lowest BCUT2D eigenvalue weighted by atomic mass is 10.2. The monoisotopic (exact) mass is 102 g/mol. The highest BCUT2D eigenvalue weighted by molar-refractivity contribution is 8.15.